The van der Waals surface area contributed by atoms with Crippen molar-refractivity contribution in [3.8, 4) is 0 Å². The summed E-state index contributed by atoms with van der Waals surface area (Å²) in [6.07, 6.45) is 0. The van der Waals surface area contributed by atoms with E-state index in [0.717, 1.165) is 27.9 Å². The lowest BCUT2D eigenvalue weighted by molar-refractivity contribution is 0.302. The van der Waals surface area contributed by atoms with Crippen molar-refractivity contribution in [1.29, 1.82) is 0 Å². The van der Waals surface area contributed by atoms with E-state index >= 15 is 0 Å². The van der Waals surface area contributed by atoms with Gasteiger partial charge in [-0.3, -0.25) is 4.40 Å². The van der Waals surface area contributed by atoms with Crippen molar-refractivity contribution in [2.75, 3.05) is 0 Å². The van der Waals surface area contributed by atoms with Gasteiger partial charge >= 0.3 is 0 Å². The average molecular weight is 276 g/mol. The molecule has 3 aromatic heterocycles. The quantitative estimate of drug-likeness (QED) is 0.673. The maximum atomic E-state index is 4.67. The Morgan fingerprint density at radius 3 is 2.79 bits per heavy atom. The van der Waals surface area contributed by atoms with E-state index < -0.39 is 0 Å². The highest BCUT2D eigenvalue weighted by Crippen LogP contribution is 2.22. The van der Waals surface area contributed by atoms with Crippen LogP contribution in [0.25, 0.3) is 5.78 Å². The molecule has 7 nitrogen and oxygen atoms in total. The molecular formula is C11H12N6OS. The van der Waals surface area contributed by atoms with Crippen LogP contribution in [0.1, 0.15) is 22.8 Å². The van der Waals surface area contributed by atoms with Crippen LogP contribution in [0.5, 0.6) is 0 Å². The van der Waals surface area contributed by atoms with E-state index in [4.69, 9.17) is 0 Å². The van der Waals surface area contributed by atoms with Gasteiger partial charge in [0.05, 0.1) is 0 Å². The zero-order valence-corrected chi connectivity index (χ0v) is 11.6. The van der Waals surface area contributed by atoms with Gasteiger partial charge in [0, 0.05) is 17.1 Å². The minimum Gasteiger partial charge on any atom is -0.259 e. The number of hydrogen-bond donors (Lipinski definition) is 0. The summed E-state index contributed by atoms with van der Waals surface area (Å²) in [7, 11) is 0. The van der Waals surface area contributed by atoms with Gasteiger partial charge in [0.25, 0.3) is 5.78 Å². The Bertz CT molecular complexity index is 734. The van der Waals surface area contributed by atoms with Gasteiger partial charge in [-0.1, -0.05) is 22.1 Å². The SMILES string of the molecule is Cc1cc(C)n2c(SCc3nonc3C)nnc2n1. The van der Waals surface area contributed by atoms with E-state index in [1.54, 1.807) is 0 Å². The molecule has 0 aromatic carbocycles. The van der Waals surface area contributed by atoms with Gasteiger partial charge in [-0.05, 0) is 26.8 Å². The van der Waals surface area contributed by atoms with Crippen LogP contribution in [0.2, 0.25) is 0 Å². The average Bonchev–Trinajstić information content (AvgIpc) is 2.93. The third-order valence-corrected chi connectivity index (χ3v) is 3.69. The molecule has 0 unspecified atom stereocenters. The third-order valence-electron chi connectivity index (χ3n) is 2.75. The Labute approximate surface area is 113 Å². The third kappa shape index (κ3) is 2.19. The van der Waals surface area contributed by atoms with Crippen molar-refractivity contribution >= 4 is 17.5 Å². The second-order valence-corrected chi connectivity index (χ2v) is 5.18. The lowest BCUT2D eigenvalue weighted by atomic mass is 10.3. The Morgan fingerprint density at radius 1 is 1.21 bits per heavy atom. The molecule has 3 aromatic rings. The number of nitrogens with zero attached hydrogens (tertiary/aromatic N) is 6. The van der Waals surface area contributed by atoms with Crippen molar-refractivity contribution in [1.82, 2.24) is 29.9 Å². The molecule has 0 fully saturated rings. The van der Waals surface area contributed by atoms with Gasteiger partial charge in [-0.15, -0.1) is 10.2 Å². The van der Waals surface area contributed by atoms with Crippen LogP contribution in [-0.4, -0.2) is 29.9 Å². The van der Waals surface area contributed by atoms with Gasteiger partial charge in [-0.25, -0.2) is 9.61 Å². The number of thioether (sulfide) groups is 1. The molecule has 8 heteroatoms. The standard InChI is InChI=1S/C11H12N6OS/c1-6-4-7(2)17-10(12-6)13-14-11(17)19-5-9-8(3)15-18-16-9/h4H,5H2,1-3H3. The number of aryl methyl sites for hydroxylation is 3. The van der Waals surface area contributed by atoms with E-state index in [-0.39, 0.29) is 0 Å². The van der Waals surface area contributed by atoms with Crippen LogP contribution in [0.15, 0.2) is 15.9 Å². The molecule has 0 bridgehead atoms. The largest absolute Gasteiger partial charge is 0.259 e. The predicted molar refractivity (Wildman–Crippen MR) is 68.9 cm³/mol. The van der Waals surface area contributed by atoms with E-state index in [9.17, 15) is 0 Å². The molecule has 0 atom stereocenters. The molecule has 3 heterocycles. The Morgan fingerprint density at radius 2 is 2.05 bits per heavy atom. The molecule has 0 saturated carbocycles. The highest BCUT2D eigenvalue weighted by atomic mass is 32.2. The second kappa shape index (κ2) is 4.61. The summed E-state index contributed by atoms with van der Waals surface area (Å²) in [5.41, 5.74) is 3.61. The molecule has 19 heavy (non-hydrogen) atoms. The van der Waals surface area contributed by atoms with Gasteiger partial charge in [0.1, 0.15) is 11.4 Å². The Hall–Kier alpha value is -1.96. The summed E-state index contributed by atoms with van der Waals surface area (Å²) in [6, 6.07) is 2.00. The van der Waals surface area contributed by atoms with Crippen molar-refractivity contribution in [2.45, 2.75) is 31.7 Å². The molecule has 0 saturated heterocycles. The first-order chi connectivity index (χ1) is 9.15. The van der Waals surface area contributed by atoms with Crippen molar-refractivity contribution in [3.05, 3.63) is 28.8 Å². The van der Waals surface area contributed by atoms with Gasteiger partial charge in [0.15, 0.2) is 5.16 Å². The van der Waals surface area contributed by atoms with E-state index in [1.807, 2.05) is 31.2 Å². The summed E-state index contributed by atoms with van der Waals surface area (Å²) < 4.78 is 6.60. The molecule has 0 spiro atoms. The molecule has 0 aliphatic heterocycles. The summed E-state index contributed by atoms with van der Waals surface area (Å²) in [4.78, 5) is 4.35. The van der Waals surface area contributed by atoms with Crippen LogP contribution < -0.4 is 0 Å². The monoisotopic (exact) mass is 276 g/mol. The molecule has 3 rings (SSSR count). The predicted octanol–water partition coefficient (Wildman–Crippen LogP) is 1.72. The minimum atomic E-state index is 0.620. The normalized spacial score (nSPS) is 11.3. The Balaban J connectivity index is 1.91. The lowest BCUT2D eigenvalue weighted by Crippen LogP contribution is -1.98. The fraction of sp³-hybridized carbons (Fsp3) is 0.364. The van der Waals surface area contributed by atoms with E-state index in [2.05, 4.69) is 30.1 Å². The lowest BCUT2D eigenvalue weighted by Gasteiger charge is -2.03. The van der Waals surface area contributed by atoms with Crippen molar-refractivity contribution in [3.63, 3.8) is 0 Å². The van der Waals surface area contributed by atoms with Crippen LogP contribution >= 0.6 is 11.8 Å². The van der Waals surface area contributed by atoms with Crippen molar-refractivity contribution in [2.24, 2.45) is 0 Å². The topological polar surface area (TPSA) is 82.0 Å². The number of rotatable bonds is 3. The van der Waals surface area contributed by atoms with Gasteiger partial charge < -0.3 is 0 Å². The first-order valence-corrected chi connectivity index (χ1v) is 6.74. The van der Waals surface area contributed by atoms with Crippen LogP contribution in [0.4, 0.5) is 0 Å². The maximum absolute atomic E-state index is 4.67. The molecule has 0 radical (unpaired) electrons. The summed E-state index contributed by atoms with van der Waals surface area (Å²) in [5, 5.41) is 16.6. The molecule has 98 valence electrons. The smallest absolute Gasteiger partial charge is 0.256 e. The fourth-order valence-electron chi connectivity index (χ4n) is 1.81. The summed E-state index contributed by atoms with van der Waals surface area (Å²) in [6.45, 7) is 5.82. The highest BCUT2D eigenvalue weighted by molar-refractivity contribution is 7.98. The van der Waals surface area contributed by atoms with Crippen LogP contribution in [0, 0.1) is 20.8 Å². The van der Waals surface area contributed by atoms with Crippen LogP contribution in [0.3, 0.4) is 0 Å². The first kappa shape index (κ1) is 12.1. The zero-order chi connectivity index (χ0) is 13.4. The summed E-state index contributed by atoms with van der Waals surface area (Å²) >= 11 is 1.54. The number of hydrogen-bond acceptors (Lipinski definition) is 7. The molecule has 0 aliphatic rings. The highest BCUT2D eigenvalue weighted by Gasteiger charge is 2.12. The molecule has 0 aliphatic carbocycles. The zero-order valence-electron chi connectivity index (χ0n) is 10.8. The second-order valence-electron chi connectivity index (χ2n) is 4.24. The first-order valence-electron chi connectivity index (χ1n) is 5.75. The number of aromatic nitrogens is 6. The van der Waals surface area contributed by atoms with E-state index in [1.165, 1.54) is 11.8 Å². The van der Waals surface area contributed by atoms with Gasteiger partial charge in [0.2, 0.25) is 0 Å². The minimum absolute atomic E-state index is 0.620. The molecule has 0 amide bonds. The summed E-state index contributed by atoms with van der Waals surface area (Å²) in [5.74, 6) is 1.26. The van der Waals surface area contributed by atoms with Crippen molar-refractivity contribution < 1.29 is 4.63 Å². The maximum Gasteiger partial charge on any atom is 0.256 e. The fourth-order valence-corrected chi connectivity index (χ4v) is 2.79. The van der Waals surface area contributed by atoms with E-state index in [0.29, 0.717) is 11.5 Å². The molecular weight excluding hydrogens is 264 g/mol. The number of fused-ring (bicyclic) bond motifs is 1. The van der Waals surface area contributed by atoms with Gasteiger partial charge in [-0.2, -0.15) is 0 Å². The Kier molecular flexibility index (Phi) is 2.94. The molecule has 0 N–H and O–H groups in total. The van der Waals surface area contributed by atoms with Crippen LogP contribution in [-0.2, 0) is 5.75 Å².